The van der Waals surface area contributed by atoms with E-state index in [0.29, 0.717) is 13.1 Å². The van der Waals surface area contributed by atoms with Crippen molar-refractivity contribution < 1.29 is 14.1 Å². The molecule has 0 N–H and O–H groups in total. The topological polar surface area (TPSA) is 38.8 Å². The monoisotopic (exact) mass is 365 g/mol. The molecule has 0 radical (unpaired) electrons. The number of ether oxygens (including phenoxy) is 1. The molecule has 0 aliphatic rings. The number of benzene rings is 1. The van der Waals surface area contributed by atoms with Gasteiger partial charge in [-0.05, 0) is 45.8 Å². The Morgan fingerprint density at radius 3 is 2.52 bits per heavy atom. The van der Waals surface area contributed by atoms with Crippen molar-refractivity contribution in [2.75, 3.05) is 25.5 Å². The van der Waals surface area contributed by atoms with Gasteiger partial charge >= 0.3 is 6.09 Å². The van der Waals surface area contributed by atoms with Gasteiger partial charge in [-0.3, -0.25) is 0 Å². The normalized spacial score (nSPS) is 12.5. The standard InChI is InChI=1S/C20H32NO3P/c1-6-15-25(23-7-2)16-11-14-21(19(22)24-20(3,4)5)17-18-12-9-8-10-13-18/h6,8-10,12-13H,1,7,11,14-17H2,2-5H3. The smallest absolute Gasteiger partial charge is 0.410 e. The first-order chi connectivity index (χ1) is 11.9. The summed E-state index contributed by atoms with van der Waals surface area (Å²) in [5.41, 5.74) is 0.610. The Morgan fingerprint density at radius 1 is 1.28 bits per heavy atom. The van der Waals surface area contributed by atoms with Crippen molar-refractivity contribution in [2.45, 2.75) is 46.3 Å². The maximum absolute atomic E-state index is 12.6. The van der Waals surface area contributed by atoms with E-state index in [2.05, 4.69) is 6.58 Å². The van der Waals surface area contributed by atoms with Crippen LogP contribution in [0.4, 0.5) is 4.79 Å². The third kappa shape index (κ3) is 9.62. The second-order valence-corrected chi connectivity index (χ2v) is 8.87. The minimum Gasteiger partial charge on any atom is -0.444 e. The molecule has 0 fully saturated rings. The summed E-state index contributed by atoms with van der Waals surface area (Å²) >= 11 is 0. The highest BCUT2D eigenvalue weighted by molar-refractivity contribution is 7.52. The van der Waals surface area contributed by atoms with Gasteiger partial charge in [0.05, 0.1) is 0 Å². The lowest BCUT2D eigenvalue weighted by Gasteiger charge is -2.28. The van der Waals surface area contributed by atoms with E-state index in [4.69, 9.17) is 9.26 Å². The maximum Gasteiger partial charge on any atom is 0.410 e. The van der Waals surface area contributed by atoms with Crippen LogP contribution in [-0.4, -0.2) is 42.1 Å². The summed E-state index contributed by atoms with van der Waals surface area (Å²) in [4.78, 5) is 14.3. The van der Waals surface area contributed by atoms with Gasteiger partial charge in [0, 0.05) is 34.0 Å². The quantitative estimate of drug-likeness (QED) is 0.410. The molecule has 0 spiro atoms. The van der Waals surface area contributed by atoms with Crippen LogP contribution in [0, 0.1) is 0 Å². The number of carbonyl (C=O) groups excluding carboxylic acids is 1. The molecule has 1 amide bonds. The van der Waals surface area contributed by atoms with Crippen LogP contribution in [0.3, 0.4) is 0 Å². The molecule has 1 atom stereocenters. The second-order valence-electron chi connectivity index (χ2n) is 6.84. The van der Waals surface area contributed by atoms with Crippen molar-refractivity contribution in [1.82, 2.24) is 4.90 Å². The molecule has 0 bridgehead atoms. The van der Waals surface area contributed by atoms with Crippen LogP contribution in [-0.2, 0) is 15.8 Å². The van der Waals surface area contributed by atoms with Crippen molar-refractivity contribution in [2.24, 2.45) is 0 Å². The molecule has 0 aliphatic carbocycles. The van der Waals surface area contributed by atoms with Crippen molar-refractivity contribution in [3.8, 4) is 0 Å². The zero-order valence-electron chi connectivity index (χ0n) is 16.0. The molecule has 4 nitrogen and oxygen atoms in total. The first-order valence-electron chi connectivity index (χ1n) is 8.86. The Labute approximate surface area is 154 Å². The number of hydrogen-bond acceptors (Lipinski definition) is 3. The molecule has 5 heteroatoms. The molecule has 1 aromatic rings. The third-order valence-corrected chi connectivity index (χ3v) is 5.45. The van der Waals surface area contributed by atoms with Crippen LogP contribution in [0.15, 0.2) is 43.0 Å². The summed E-state index contributed by atoms with van der Waals surface area (Å²) in [5.74, 6) is 0. The molecule has 0 saturated carbocycles. The average molecular weight is 365 g/mol. The van der Waals surface area contributed by atoms with Gasteiger partial charge in [0.25, 0.3) is 0 Å². The summed E-state index contributed by atoms with van der Waals surface area (Å²) in [7, 11) is -0.494. The van der Waals surface area contributed by atoms with Crippen LogP contribution in [0.1, 0.15) is 39.7 Å². The van der Waals surface area contributed by atoms with Crippen LogP contribution >= 0.6 is 8.15 Å². The van der Waals surface area contributed by atoms with Crippen LogP contribution in [0.25, 0.3) is 0 Å². The summed E-state index contributed by atoms with van der Waals surface area (Å²) in [6, 6.07) is 10.0. The number of amides is 1. The summed E-state index contributed by atoms with van der Waals surface area (Å²) in [6.07, 6.45) is 4.40. The highest BCUT2D eigenvalue weighted by Crippen LogP contribution is 2.37. The molecule has 1 rings (SSSR count). The fraction of sp³-hybridized carbons (Fsp3) is 0.550. The van der Waals surface area contributed by atoms with Gasteiger partial charge in [-0.1, -0.05) is 36.4 Å². The van der Waals surface area contributed by atoms with E-state index < -0.39 is 13.7 Å². The molecule has 25 heavy (non-hydrogen) atoms. The van der Waals surface area contributed by atoms with Crippen LogP contribution in [0.5, 0.6) is 0 Å². The zero-order chi connectivity index (χ0) is 18.7. The van der Waals surface area contributed by atoms with Gasteiger partial charge in [0.15, 0.2) is 0 Å². The Morgan fingerprint density at radius 2 is 1.96 bits per heavy atom. The van der Waals surface area contributed by atoms with E-state index in [9.17, 15) is 4.79 Å². The molecule has 1 aromatic carbocycles. The summed E-state index contributed by atoms with van der Waals surface area (Å²) in [6.45, 7) is 13.4. The number of rotatable bonds is 10. The van der Waals surface area contributed by atoms with E-state index in [0.717, 1.165) is 30.9 Å². The van der Waals surface area contributed by atoms with Gasteiger partial charge < -0.3 is 14.2 Å². The van der Waals surface area contributed by atoms with E-state index in [1.54, 1.807) is 4.90 Å². The van der Waals surface area contributed by atoms with Crippen LogP contribution in [0.2, 0.25) is 0 Å². The fourth-order valence-electron chi connectivity index (χ4n) is 2.34. The van der Waals surface area contributed by atoms with Gasteiger partial charge in [0.1, 0.15) is 5.60 Å². The van der Waals surface area contributed by atoms with Crippen molar-refractivity contribution in [3.05, 3.63) is 48.6 Å². The highest BCUT2D eigenvalue weighted by atomic mass is 31.1. The van der Waals surface area contributed by atoms with Gasteiger partial charge in [-0.15, -0.1) is 6.58 Å². The predicted octanol–water partition coefficient (Wildman–Crippen LogP) is 5.43. The highest BCUT2D eigenvalue weighted by Gasteiger charge is 2.22. The lowest BCUT2D eigenvalue weighted by atomic mass is 10.2. The van der Waals surface area contributed by atoms with Crippen molar-refractivity contribution in [1.29, 1.82) is 0 Å². The fourth-order valence-corrected chi connectivity index (χ4v) is 3.90. The number of allylic oxidation sites excluding steroid dienone is 1. The third-order valence-electron chi connectivity index (χ3n) is 3.35. The van der Waals surface area contributed by atoms with E-state index in [1.807, 2.05) is 64.1 Å². The largest absolute Gasteiger partial charge is 0.444 e. The van der Waals surface area contributed by atoms with Crippen molar-refractivity contribution in [3.63, 3.8) is 0 Å². The first kappa shape index (κ1) is 21.7. The Balaban J connectivity index is 2.66. The SMILES string of the molecule is C=CCP(CCCN(Cc1ccccc1)C(=O)OC(C)(C)C)OCC. The summed E-state index contributed by atoms with van der Waals surface area (Å²) in [5, 5.41) is 0. The van der Waals surface area contributed by atoms with E-state index in [1.165, 1.54) is 0 Å². The predicted molar refractivity (Wildman–Crippen MR) is 106 cm³/mol. The lowest BCUT2D eigenvalue weighted by Crippen LogP contribution is -2.37. The Hall–Kier alpha value is -1.38. The van der Waals surface area contributed by atoms with Crippen molar-refractivity contribution >= 4 is 14.2 Å². The summed E-state index contributed by atoms with van der Waals surface area (Å²) < 4.78 is 11.4. The maximum atomic E-state index is 12.6. The lowest BCUT2D eigenvalue weighted by molar-refractivity contribution is 0.0234. The van der Waals surface area contributed by atoms with Gasteiger partial charge in [-0.25, -0.2) is 4.79 Å². The zero-order valence-corrected chi connectivity index (χ0v) is 16.9. The van der Waals surface area contributed by atoms with E-state index >= 15 is 0 Å². The molecular weight excluding hydrogens is 333 g/mol. The first-order valence-corrected chi connectivity index (χ1v) is 10.5. The Bertz CT molecular complexity index is 513. The molecule has 140 valence electrons. The van der Waals surface area contributed by atoms with Gasteiger partial charge in [-0.2, -0.15) is 0 Å². The average Bonchev–Trinajstić information content (AvgIpc) is 2.53. The van der Waals surface area contributed by atoms with Gasteiger partial charge in [0.2, 0.25) is 0 Å². The minimum atomic E-state index is -0.494. The van der Waals surface area contributed by atoms with E-state index in [-0.39, 0.29) is 6.09 Å². The molecule has 1 unspecified atom stereocenters. The minimum absolute atomic E-state index is 0.263. The molecule has 0 heterocycles. The van der Waals surface area contributed by atoms with Crippen LogP contribution < -0.4 is 0 Å². The number of carbonyl (C=O) groups is 1. The molecule has 0 saturated heterocycles. The molecular formula is C20H32NO3P. The number of hydrogen-bond donors (Lipinski definition) is 0. The Kier molecular flexibility index (Phi) is 9.77. The number of nitrogens with zero attached hydrogens (tertiary/aromatic N) is 1. The molecule has 0 aromatic heterocycles. The molecule has 0 aliphatic heterocycles. The second kappa shape index (κ2) is 11.3.